The maximum Gasteiger partial charge on any atom is 0.325 e. The number of halogens is 1. The molecule has 0 unspecified atom stereocenters. The molecule has 3 heterocycles. The molecule has 2 aromatic heterocycles. The SMILES string of the molecule is Cc1noc(C)c1CN1CCN([C@@H](C(=O)O)c2cn(CC(=O)O)c3cc(Cl)ccc23)CC1. The third-order valence-electron chi connectivity index (χ3n) is 6.04. The van der Waals surface area contributed by atoms with Crippen LogP contribution in [0.15, 0.2) is 28.9 Å². The van der Waals surface area contributed by atoms with Crippen LogP contribution in [0.4, 0.5) is 0 Å². The molecule has 0 aliphatic carbocycles. The number of aromatic nitrogens is 2. The smallest absolute Gasteiger partial charge is 0.325 e. The fourth-order valence-electron chi connectivity index (χ4n) is 4.40. The molecule has 170 valence electrons. The monoisotopic (exact) mass is 460 g/mol. The zero-order valence-electron chi connectivity index (χ0n) is 17.9. The van der Waals surface area contributed by atoms with Gasteiger partial charge in [0.2, 0.25) is 0 Å². The summed E-state index contributed by atoms with van der Waals surface area (Å²) >= 11 is 6.12. The van der Waals surface area contributed by atoms with E-state index in [2.05, 4.69) is 10.1 Å². The van der Waals surface area contributed by atoms with Crippen LogP contribution in [0.25, 0.3) is 10.9 Å². The van der Waals surface area contributed by atoms with Gasteiger partial charge in [-0.25, -0.2) is 0 Å². The highest BCUT2D eigenvalue weighted by Crippen LogP contribution is 2.33. The van der Waals surface area contributed by atoms with Gasteiger partial charge >= 0.3 is 11.9 Å². The van der Waals surface area contributed by atoms with Gasteiger partial charge in [0.05, 0.1) is 11.2 Å². The lowest BCUT2D eigenvalue weighted by Crippen LogP contribution is -2.48. The fraction of sp³-hybridized carbons (Fsp3) is 0.409. The van der Waals surface area contributed by atoms with Crippen LogP contribution in [0.1, 0.15) is 28.6 Å². The van der Waals surface area contributed by atoms with Gasteiger partial charge in [-0.05, 0) is 26.0 Å². The molecule has 32 heavy (non-hydrogen) atoms. The molecule has 0 amide bonds. The number of nitrogens with zero attached hydrogens (tertiary/aromatic N) is 4. The molecule has 4 rings (SSSR count). The molecule has 1 aliphatic rings. The first-order valence-electron chi connectivity index (χ1n) is 10.4. The second-order valence-electron chi connectivity index (χ2n) is 8.12. The third kappa shape index (κ3) is 4.36. The Morgan fingerprint density at radius 1 is 1.19 bits per heavy atom. The number of hydrogen-bond acceptors (Lipinski definition) is 6. The first kappa shape index (κ1) is 22.3. The highest BCUT2D eigenvalue weighted by atomic mass is 35.5. The van der Waals surface area contributed by atoms with Crippen LogP contribution in [-0.4, -0.2) is 67.9 Å². The van der Waals surface area contributed by atoms with E-state index in [4.69, 9.17) is 16.1 Å². The van der Waals surface area contributed by atoms with E-state index in [1.54, 1.807) is 29.0 Å². The molecule has 1 atom stereocenters. The zero-order valence-corrected chi connectivity index (χ0v) is 18.7. The van der Waals surface area contributed by atoms with E-state index in [1.807, 2.05) is 18.7 Å². The third-order valence-corrected chi connectivity index (χ3v) is 6.28. The molecule has 1 aliphatic heterocycles. The second-order valence-corrected chi connectivity index (χ2v) is 8.56. The molecular weight excluding hydrogens is 436 g/mol. The molecule has 1 fully saturated rings. The average Bonchev–Trinajstić information content (AvgIpc) is 3.23. The van der Waals surface area contributed by atoms with E-state index in [9.17, 15) is 19.8 Å². The number of carbonyl (C=O) groups is 2. The number of fused-ring (bicyclic) bond motifs is 1. The minimum absolute atomic E-state index is 0.269. The van der Waals surface area contributed by atoms with Crippen molar-refractivity contribution in [3.05, 3.63) is 52.0 Å². The van der Waals surface area contributed by atoms with Crippen molar-refractivity contribution < 1.29 is 24.3 Å². The van der Waals surface area contributed by atoms with Crippen molar-refractivity contribution in [2.45, 2.75) is 33.0 Å². The van der Waals surface area contributed by atoms with Crippen LogP contribution in [0, 0.1) is 13.8 Å². The van der Waals surface area contributed by atoms with Crippen LogP contribution in [0.3, 0.4) is 0 Å². The van der Waals surface area contributed by atoms with Gasteiger partial charge in [-0.1, -0.05) is 22.8 Å². The molecule has 0 radical (unpaired) electrons. The summed E-state index contributed by atoms with van der Waals surface area (Å²) in [7, 11) is 0. The maximum atomic E-state index is 12.3. The summed E-state index contributed by atoms with van der Waals surface area (Å²) < 4.78 is 6.79. The summed E-state index contributed by atoms with van der Waals surface area (Å²) in [6.07, 6.45) is 1.63. The van der Waals surface area contributed by atoms with Crippen LogP contribution >= 0.6 is 11.6 Å². The molecule has 3 aromatic rings. The van der Waals surface area contributed by atoms with Gasteiger partial charge in [-0.15, -0.1) is 0 Å². The number of aliphatic carboxylic acids is 2. The lowest BCUT2D eigenvalue weighted by Gasteiger charge is -2.37. The number of aryl methyl sites for hydroxylation is 2. The minimum Gasteiger partial charge on any atom is -0.480 e. The molecule has 9 nitrogen and oxygen atoms in total. The quantitative estimate of drug-likeness (QED) is 0.553. The van der Waals surface area contributed by atoms with E-state index < -0.39 is 18.0 Å². The standard InChI is InChI=1S/C22H25ClN4O5/c1-13-17(14(2)32-24-13)10-25-5-7-26(8-6-25)21(22(30)31)18-11-27(12-20(28)29)19-9-15(23)3-4-16(18)19/h3-4,9,11,21H,5-8,10,12H2,1-2H3,(H,28,29)(H,30,31)/t21-/m1/s1. The fourth-order valence-corrected chi connectivity index (χ4v) is 4.57. The number of benzene rings is 1. The molecule has 0 bridgehead atoms. The van der Waals surface area contributed by atoms with Crippen LogP contribution in [0.5, 0.6) is 0 Å². The minimum atomic E-state index is -1.01. The summed E-state index contributed by atoms with van der Waals surface area (Å²) in [6, 6.07) is 4.24. The van der Waals surface area contributed by atoms with Crippen molar-refractivity contribution >= 4 is 34.4 Å². The van der Waals surface area contributed by atoms with Crippen LogP contribution in [-0.2, 0) is 22.7 Å². The van der Waals surface area contributed by atoms with Crippen molar-refractivity contribution in [3.8, 4) is 0 Å². The molecule has 0 saturated carbocycles. The molecular formula is C22H25ClN4O5. The Balaban J connectivity index is 1.58. The van der Waals surface area contributed by atoms with E-state index in [0.717, 1.165) is 17.0 Å². The van der Waals surface area contributed by atoms with Crippen molar-refractivity contribution in [2.24, 2.45) is 0 Å². The highest BCUT2D eigenvalue weighted by molar-refractivity contribution is 6.31. The van der Waals surface area contributed by atoms with Gasteiger partial charge in [0, 0.05) is 60.5 Å². The Morgan fingerprint density at radius 2 is 1.91 bits per heavy atom. The summed E-state index contributed by atoms with van der Waals surface area (Å²) in [5, 5.41) is 24.5. The Labute approximate surface area is 189 Å². The number of rotatable bonds is 7. The van der Waals surface area contributed by atoms with Crippen LogP contribution in [0.2, 0.25) is 5.02 Å². The predicted molar refractivity (Wildman–Crippen MR) is 118 cm³/mol. The first-order chi connectivity index (χ1) is 15.2. The van der Waals surface area contributed by atoms with E-state index in [1.165, 1.54) is 0 Å². The summed E-state index contributed by atoms with van der Waals surface area (Å²) in [4.78, 5) is 27.9. The van der Waals surface area contributed by atoms with Crippen molar-refractivity contribution in [1.82, 2.24) is 19.5 Å². The number of carboxylic acids is 2. The number of hydrogen-bond donors (Lipinski definition) is 2. The van der Waals surface area contributed by atoms with E-state index in [-0.39, 0.29) is 6.54 Å². The Kier molecular flexibility index (Phi) is 6.23. The normalized spacial score (nSPS) is 16.5. The highest BCUT2D eigenvalue weighted by Gasteiger charge is 2.33. The van der Waals surface area contributed by atoms with Crippen molar-refractivity contribution in [1.29, 1.82) is 0 Å². The topological polar surface area (TPSA) is 112 Å². The summed E-state index contributed by atoms with van der Waals surface area (Å²) in [5.41, 5.74) is 3.13. The van der Waals surface area contributed by atoms with Crippen molar-refractivity contribution in [3.63, 3.8) is 0 Å². The molecule has 1 saturated heterocycles. The van der Waals surface area contributed by atoms with E-state index in [0.29, 0.717) is 54.2 Å². The lowest BCUT2D eigenvalue weighted by atomic mass is 10.0. The summed E-state index contributed by atoms with van der Waals surface area (Å²) in [5.74, 6) is -1.17. The van der Waals surface area contributed by atoms with E-state index >= 15 is 0 Å². The lowest BCUT2D eigenvalue weighted by molar-refractivity contribution is -0.144. The predicted octanol–water partition coefficient (Wildman–Crippen LogP) is 2.93. The number of carboxylic acid groups (broad SMARTS) is 2. The van der Waals surface area contributed by atoms with Gasteiger partial charge in [0.1, 0.15) is 18.3 Å². The van der Waals surface area contributed by atoms with Gasteiger partial charge in [0.25, 0.3) is 0 Å². The Morgan fingerprint density at radius 3 is 2.50 bits per heavy atom. The maximum absolute atomic E-state index is 12.3. The van der Waals surface area contributed by atoms with Crippen molar-refractivity contribution in [2.75, 3.05) is 26.2 Å². The average molecular weight is 461 g/mol. The van der Waals surface area contributed by atoms with Gasteiger partial charge in [0.15, 0.2) is 0 Å². The zero-order chi connectivity index (χ0) is 23.0. The molecule has 0 spiro atoms. The summed E-state index contributed by atoms with van der Waals surface area (Å²) in [6.45, 7) is 6.80. The Hall–Kier alpha value is -2.88. The molecule has 10 heteroatoms. The van der Waals surface area contributed by atoms with Gasteiger partial charge < -0.3 is 19.3 Å². The molecule has 1 aromatic carbocycles. The second kappa shape index (κ2) is 8.93. The van der Waals surface area contributed by atoms with Gasteiger partial charge in [-0.2, -0.15) is 0 Å². The molecule has 2 N–H and O–H groups in total. The Bertz CT molecular complexity index is 1140. The van der Waals surface area contributed by atoms with Gasteiger partial charge in [-0.3, -0.25) is 19.4 Å². The first-order valence-corrected chi connectivity index (χ1v) is 10.7. The van der Waals surface area contributed by atoms with Crippen LogP contribution < -0.4 is 0 Å². The largest absolute Gasteiger partial charge is 0.480 e. The number of piperazine rings is 1.